The monoisotopic (exact) mass is 297 g/mol. The summed E-state index contributed by atoms with van der Waals surface area (Å²) in [5.41, 5.74) is -0.0323. The van der Waals surface area contributed by atoms with Gasteiger partial charge in [-0.3, -0.25) is 4.79 Å². The second kappa shape index (κ2) is 6.20. The summed E-state index contributed by atoms with van der Waals surface area (Å²) in [6, 6.07) is 1.94. The molecule has 6 heteroatoms. The zero-order valence-electron chi connectivity index (χ0n) is 11.7. The first kappa shape index (κ1) is 15.4. The van der Waals surface area contributed by atoms with Gasteiger partial charge in [0.15, 0.2) is 11.6 Å². The van der Waals surface area contributed by atoms with E-state index in [-0.39, 0.29) is 11.5 Å². The quantitative estimate of drug-likeness (QED) is 0.933. The van der Waals surface area contributed by atoms with Crippen molar-refractivity contribution in [2.24, 2.45) is 5.92 Å². The Morgan fingerprint density at radius 3 is 2.62 bits per heavy atom. The highest BCUT2D eigenvalue weighted by Crippen LogP contribution is 2.27. The van der Waals surface area contributed by atoms with E-state index in [1.807, 2.05) is 6.92 Å². The number of nitrogens with zero attached hydrogens (tertiary/aromatic N) is 1. The predicted molar refractivity (Wildman–Crippen MR) is 71.8 cm³/mol. The summed E-state index contributed by atoms with van der Waals surface area (Å²) < 4.78 is 26.1. The van der Waals surface area contributed by atoms with E-state index < -0.39 is 29.6 Å². The standard InChI is InChI=1S/C15H17F2NO3/c1-2-9-5-6-18(13(7-9)15(20)21)14(19)10-3-4-11(16)12(17)8-10/h3-4,8-9,13H,2,5-7H2,1H3,(H,20,21). The Kier molecular flexibility index (Phi) is 4.55. The molecule has 0 spiro atoms. The predicted octanol–water partition coefficient (Wildman–Crippen LogP) is 2.68. The number of aliphatic carboxylic acids is 1. The Morgan fingerprint density at radius 2 is 2.05 bits per heavy atom. The smallest absolute Gasteiger partial charge is 0.326 e. The van der Waals surface area contributed by atoms with Gasteiger partial charge in [0.05, 0.1) is 0 Å². The molecule has 1 saturated heterocycles. The highest BCUT2D eigenvalue weighted by molar-refractivity contribution is 5.96. The molecule has 0 saturated carbocycles. The van der Waals surface area contributed by atoms with Crippen molar-refractivity contribution in [3.63, 3.8) is 0 Å². The van der Waals surface area contributed by atoms with Crippen LogP contribution in [-0.4, -0.2) is 34.5 Å². The van der Waals surface area contributed by atoms with E-state index in [4.69, 9.17) is 0 Å². The van der Waals surface area contributed by atoms with Crippen LogP contribution in [0.3, 0.4) is 0 Å². The lowest BCUT2D eigenvalue weighted by Crippen LogP contribution is -2.50. The van der Waals surface area contributed by atoms with Gasteiger partial charge in [0.1, 0.15) is 6.04 Å². The van der Waals surface area contributed by atoms with Gasteiger partial charge in [-0.1, -0.05) is 13.3 Å². The van der Waals surface area contributed by atoms with Gasteiger partial charge in [0, 0.05) is 12.1 Å². The van der Waals surface area contributed by atoms with Crippen LogP contribution in [0.2, 0.25) is 0 Å². The van der Waals surface area contributed by atoms with Crippen LogP contribution >= 0.6 is 0 Å². The lowest BCUT2D eigenvalue weighted by Gasteiger charge is -2.37. The fraction of sp³-hybridized carbons (Fsp3) is 0.467. The fourth-order valence-electron chi connectivity index (χ4n) is 2.68. The van der Waals surface area contributed by atoms with Crippen LogP contribution < -0.4 is 0 Å². The number of halogens is 2. The summed E-state index contributed by atoms with van der Waals surface area (Å²) in [6.45, 7) is 2.30. The lowest BCUT2D eigenvalue weighted by molar-refractivity contribution is -0.144. The van der Waals surface area contributed by atoms with Crippen molar-refractivity contribution < 1.29 is 23.5 Å². The molecule has 1 amide bonds. The first-order valence-electron chi connectivity index (χ1n) is 6.92. The number of piperidine rings is 1. The number of amides is 1. The molecule has 114 valence electrons. The number of benzene rings is 1. The Bertz CT molecular complexity index is 562. The number of carbonyl (C=O) groups is 2. The number of carbonyl (C=O) groups excluding carboxylic acids is 1. The van der Waals surface area contributed by atoms with Gasteiger partial charge in [-0.05, 0) is 37.0 Å². The van der Waals surface area contributed by atoms with Gasteiger partial charge in [0.25, 0.3) is 5.91 Å². The molecule has 21 heavy (non-hydrogen) atoms. The van der Waals surface area contributed by atoms with Crippen molar-refractivity contribution in [3.8, 4) is 0 Å². The number of hydrogen-bond acceptors (Lipinski definition) is 2. The molecule has 1 aliphatic heterocycles. The van der Waals surface area contributed by atoms with Crippen molar-refractivity contribution in [2.45, 2.75) is 32.2 Å². The van der Waals surface area contributed by atoms with Crippen molar-refractivity contribution in [1.82, 2.24) is 4.90 Å². The van der Waals surface area contributed by atoms with Crippen LogP contribution in [0.15, 0.2) is 18.2 Å². The van der Waals surface area contributed by atoms with E-state index in [1.165, 1.54) is 11.0 Å². The van der Waals surface area contributed by atoms with Gasteiger partial charge >= 0.3 is 5.97 Å². The van der Waals surface area contributed by atoms with Crippen LogP contribution in [0.5, 0.6) is 0 Å². The van der Waals surface area contributed by atoms with E-state index >= 15 is 0 Å². The minimum absolute atomic E-state index is 0.0323. The average molecular weight is 297 g/mol. The highest BCUT2D eigenvalue weighted by Gasteiger charge is 2.36. The molecule has 0 bridgehead atoms. The third-order valence-electron chi connectivity index (χ3n) is 4.00. The second-order valence-electron chi connectivity index (χ2n) is 5.28. The third kappa shape index (κ3) is 3.20. The molecule has 1 N–H and O–H groups in total. The fourth-order valence-corrected chi connectivity index (χ4v) is 2.68. The Hall–Kier alpha value is -1.98. The van der Waals surface area contributed by atoms with E-state index in [0.29, 0.717) is 13.0 Å². The number of likely N-dealkylation sites (tertiary alicyclic amines) is 1. The summed E-state index contributed by atoms with van der Waals surface area (Å²) in [7, 11) is 0. The topological polar surface area (TPSA) is 57.6 Å². The Labute approximate surface area is 121 Å². The number of carboxylic acid groups (broad SMARTS) is 1. The van der Waals surface area contributed by atoms with E-state index in [9.17, 15) is 23.5 Å². The number of carboxylic acids is 1. The molecule has 1 aromatic rings. The van der Waals surface area contributed by atoms with Crippen LogP contribution in [0.4, 0.5) is 8.78 Å². The molecule has 2 rings (SSSR count). The normalized spacial score (nSPS) is 22.1. The summed E-state index contributed by atoms with van der Waals surface area (Å²) in [5, 5.41) is 9.29. The van der Waals surface area contributed by atoms with E-state index in [2.05, 4.69) is 0 Å². The van der Waals surface area contributed by atoms with Gasteiger partial charge in [-0.2, -0.15) is 0 Å². The molecule has 1 fully saturated rings. The first-order chi connectivity index (χ1) is 9.93. The minimum Gasteiger partial charge on any atom is -0.480 e. The zero-order valence-corrected chi connectivity index (χ0v) is 11.7. The maximum atomic E-state index is 13.2. The molecule has 0 radical (unpaired) electrons. The maximum absolute atomic E-state index is 13.2. The molecule has 1 heterocycles. The number of rotatable bonds is 3. The van der Waals surface area contributed by atoms with Gasteiger partial charge in [-0.25, -0.2) is 13.6 Å². The van der Waals surface area contributed by atoms with Gasteiger partial charge in [0.2, 0.25) is 0 Å². The van der Waals surface area contributed by atoms with Crippen molar-refractivity contribution in [1.29, 1.82) is 0 Å². The number of hydrogen-bond donors (Lipinski definition) is 1. The highest BCUT2D eigenvalue weighted by atomic mass is 19.2. The van der Waals surface area contributed by atoms with Gasteiger partial charge in [-0.15, -0.1) is 0 Å². The Morgan fingerprint density at radius 1 is 1.33 bits per heavy atom. The molecule has 1 aromatic carbocycles. The second-order valence-corrected chi connectivity index (χ2v) is 5.28. The molecule has 0 aliphatic carbocycles. The largest absolute Gasteiger partial charge is 0.480 e. The molecule has 4 nitrogen and oxygen atoms in total. The van der Waals surface area contributed by atoms with Crippen LogP contribution in [0.1, 0.15) is 36.5 Å². The van der Waals surface area contributed by atoms with Crippen LogP contribution in [0.25, 0.3) is 0 Å². The van der Waals surface area contributed by atoms with Crippen LogP contribution in [-0.2, 0) is 4.79 Å². The van der Waals surface area contributed by atoms with Crippen LogP contribution in [0, 0.1) is 17.6 Å². The third-order valence-corrected chi connectivity index (χ3v) is 4.00. The molecule has 1 aliphatic rings. The van der Waals surface area contributed by atoms with Crippen molar-refractivity contribution in [3.05, 3.63) is 35.4 Å². The summed E-state index contributed by atoms with van der Waals surface area (Å²) >= 11 is 0. The summed E-state index contributed by atoms with van der Waals surface area (Å²) in [5.74, 6) is -3.53. The molecule has 2 atom stereocenters. The van der Waals surface area contributed by atoms with E-state index in [1.54, 1.807) is 0 Å². The van der Waals surface area contributed by atoms with Crippen molar-refractivity contribution >= 4 is 11.9 Å². The lowest BCUT2D eigenvalue weighted by atomic mass is 9.88. The van der Waals surface area contributed by atoms with Crippen molar-refractivity contribution in [2.75, 3.05) is 6.54 Å². The zero-order chi connectivity index (χ0) is 15.6. The summed E-state index contributed by atoms with van der Waals surface area (Å²) in [6.07, 6.45) is 1.97. The Balaban J connectivity index is 2.24. The van der Waals surface area contributed by atoms with E-state index in [0.717, 1.165) is 25.0 Å². The molecular formula is C15H17F2NO3. The van der Waals surface area contributed by atoms with Gasteiger partial charge < -0.3 is 10.0 Å². The molecule has 0 aromatic heterocycles. The minimum atomic E-state index is -1.11. The molecule has 2 unspecified atom stereocenters. The SMILES string of the molecule is CCC1CCN(C(=O)c2ccc(F)c(F)c2)C(C(=O)O)C1. The average Bonchev–Trinajstić information content (AvgIpc) is 2.48. The molecular weight excluding hydrogens is 280 g/mol. The first-order valence-corrected chi connectivity index (χ1v) is 6.92. The summed E-state index contributed by atoms with van der Waals surface area (Å²) in [4.78, 5) is 24.9. The maximum Gasteiger partial charge on any atom is 0.326 e.